The quantitative estimate of drug-likeness (QED) is 0.302. The van der Waals surface area contributed by atoms with Crippen LogP contribution in [0.3, 0.4) is 0 Å². The second-order valence-electron chi connectivity index (χ2n) is 8.03. The zero-order valence-corrected chi connectivity index (χ0v) is 18.4. The summed E-state index contributed by atoms with van der Waals surface area (Å²) in [6.07, 6.45) is 4.97. The highest BCUT2D eigenvalue weighted by atomic mass is 32.2. The normalized spacial score (nSPS) is 28.7. The summed E-state index contributed by atoms with van der Waals surface area (Å²) in [7, 11) is 2.78. The number of rotatable bonds is 8. The van der Waals surface area contributed by atoms with Crippen LogP contribution in [-0.4, -0.2) is 48.1 Å². The number of imide groups is 1. The maximum atomic E-state index is 12.8. The molecule has 2 aliphatic rings. The molecule has 0 aromatic heterocycles. The first-order chi connectivity index (χ1) is 13.8. The topological polar surface area (TPSA) is 75.7 Å². The Morgan fingerprint density at radius 2 is 1.86 bits per heavy atom. The molecule has 1 aromatic carbocycles. The van der Waals surface area contributed by atoms with Crippen LogP contribution in [-0.2, 0) is 19.1 Å². The van der Waals surface area contributed by atoms with Crippen molar-refractivity contribution in [3.63, 3.8) is 0 Å². The minimum atomic E-state index is -1.23. The molecule has 0 bridgehead atoms. The molecule has 0 unspecified atom stereocenters. The summed E-state index contributed by atoms with van der Waals surface area (Å²) in [5, 5.41) is 3.25. The van der Waals surface area contributed by atoms with Gasteiger partial charge in [-0.1, -0.05) is 38.3 Å². The van der Waals surface area contributed by atoms with Gasteiger partial charge in [0.2, 0.25) is 11.8 Å². The molecule has 4 atom stereocenters. The highest BCUT2D eigenvalue weighted by Crippen LogP contribution is 2.48. The molecule has 29 heavy (non-hydrogen) atoms. The molecule has 2 saturated heterocycles. The number of hydrogen-bond donors (Lipinski definition) is 1. The van der Waals surface area contributed by atoms with Gasteiger partial charge in [-0.05, 0) is 36.8 Å². The van der Waals surface area contributed by atoms with Gasteiger partial charge in [0.25, 0.3) is 0 Å². The molecule has 1 aromatic rings. The average Bonchev–Trinajstić information content (AvgIpc) is 3.17. The number of carbonyl (C=O) groups excluding carboxylic acids is 3. The van der Waals surface area contributed by atoms with Gasteiger partial charge in [-0.25, -0.2) is 0 Å². The summed E-state index contributed by atoms with van der Waals surface area (Å²) in [6, 6.07) is 7.67. The molecular formula is C22H30N2O4S. The van der Waals surface area contributed by atoms with Gasteiger partial charge in [0.05, 0.1) is 18.9 Å². The Bertz CT molecular complexity index is 782. The number of fused-ring (bicyclic) bond motifs is 1. The number of ether oxygens (including phenoxy) is 1. The lowest BCUT2D eigenvalue weighted by Crippen LogP contribution is -2.53. The third-order valence-corrected chi connectivity index (χ3v) is 7.22. The fourth-order valence-electron chi connectivity index (χ4n) is 4.46. The molecule has 3 rings (SSSR count). The molecule has 2 amide bonds. The van der Waals surface area contributed by atoms with Crippen LogP contribution in [0.4, 0.5) is 0 Å². The van der Waals surface area contributed by atoms with E-state index in [0.29, 0.717) is 0 Å². The zero-order valence-electron chi connectivity index (χ0n) is 17.6. The number of methoxy groups -OCH3 is 1. The first-order valence-electron chi connectivity index (χ1n) is 10.3. The minimum absolute atomic E-state index is 0.250. The van der Waals surface area contributed by atoms with Gasteiger partial charge in [-0.15, -0.1) is 11.8 Å². The van der Waals surface area contributed by atoms with Crippen LogP contribution in [0.15, 0.2) is 29.2 Å². The maximum Gasteiger partial charge on any atom is 0.326 e. The Hall–Kier alpha value is -1.86. The fraction of sp³-hybridized carbons (Fsp3) is 0.591. The SMILES string of the molecule is CCCCCCSc1ccc([C@H]2N[C@@](C)(C(=O)OC)[C@H]3C(=O)N(C)C(=O)[C@@H]23)cc1. The van der Waals surface area contributed by atoms with Crippen molar-refractivity contribution in [2.24, 2.45) is 11.8 Å². The van der Waals surface area contributed by atoms with Crippen molar-refractivity contribution in [2.45, 2.75) is 56.0 Å². The zero-order chi connectivity index (χ0) is 21.2. The Balaban J connectivity index is 1.78. The van der Waals surface area contributed by atoms with E-state index in [1.807, 2.05) is 23.9 Å². The molecule has 6 nitrogen and oxygen atoms in total. The summed E-state index contributed by atoms with van der Waals surface area (Å²) in [5.41, 5.74) is -0.326. The van der Waals surface area contributed by atoms with E-state index in [-0.39, 0.29) is 11.8 Å². The Morgan fingerprint density at radius 3 is 2.48 bits per heavy atom. The molecule has 0 saturated carbocycles. The van der Waals surface area contributed by atoms with Gasteiger partial charge in [-0.3, -0.25) is 24.6 Å². The largest absolute Gasteiger partial charge is 0.468 e. The smallest absolute Gasteiger partial charge is 0.326 e. The molecule has 0 spiro atoms. The average molecular weight is 419 g/mol. The van der Waals surface area contributed by atoms with Crippen LogP contribution in [0.2, 0.25) is 0 Å². The summed E-state index contributed by atoms with van der Waals surface area (Å²) < 4.78 is 4.95. The predicted molar refractivity (Wildman–Crippen MR) is 112 cm³/mol. The molecule has 7 heteroatoms. The van der Waals surface area contributed by atoms with E-state index >= 15 is 0 Å². The highest BCUT2D eigenvalue weighted by Gasteiger charge is 2.66. The van der Waals surface area contributed by atoms with E-state index < -0.39 is 29.4 Å². The number of likely N-dealkylation sites (tertiary alicyclic amines) is 1. The molecule has 0 aliphatic carbocycles. The second-order valence-corrected chi connectivity index (χ2v) is 9.20. The Labute approximate surface area is 176 Å². The van der Waals surface area contributed by atoms with Crippen LogP contribution in [0, 0.1) is 11.8 Å². The summed E-state index contributed by atoms with van der Waals surface area (Å²) in [5.74, 6) is -1.38. The minimum Gasteiger partial charge on any atom is -0.468 e. The molecule has 1 N–H and O–H groups in total. The third-order valence-electron chi connectivity index (χ3n) is 6.12. The van der Waals surface area contributed by atoms with Gasteiger partial charge < -0.3 is 4.74 Å². The van der Waals surface area contributed by atoms with Crippen LogP contribution >= 0.6 is 11.8 Å². The van der Waals surface area contributed by atoms with Crippen molar-refractivity contribution in [1.82, 2.24) is 10.2 Å². The molecule has 2 aliphatic heterocycles. The monoisotopic (exact) mass is 418 g/mol. The standard InChI is InChI=1S/C22H30N2O4S/c1-5-6-7-8-13-29-15-11-9-14(10-12-15)18-16-17(20(26)24(3)19(16)25)22(2,23-18)21(27)28-4/h9-12,16-18,23H,5-8,13H2,1-4H3/t16-,17-,18-,22-/m1/s1. The van der Waals surface area contributed by atoms with Crippen LogP contribution < -0.4 is 5.32 Å². The van der Waals surface area contributed by atoms with Crippen molar-refractivity contribution < 1.29 is 19.1 Å². The van der Waals surface area contributed by atoms with E-state index in [2.05, 4.69) is 24.4 Å². The first-order valence-corrected chi connectivity index (χ1v) is 11.2. The molecule has 2 fully saturated rings. The van der Waals surface area contributed by atoms with Gasteiger partial charge >= 0.3 is 5.97 Å². The van der Waals surface area contributed by atoms with E-state index in [1.54, 1.807) is 6.92 Å². The summed E-state index contributed by atoms with van der Waals surface area (Å²) in [6.45, 7) is 3.86. The first kappa shape index (κ1) is 21.8. The number of nitrogens with zero attached hydrogens (tertiary/aromatic N) is 1. The molecular weight excluding hydrogens is 388 g/mol. The number of nitrogens with one attached hydrogen (secondary N) is 1. The molecule has 2 heterocycles. The number of hydrogen-bond acceptors (Lipinski definition) is 6. The number of esters is 1. The lowest BCUT2D eigenvalue weighted by Gasteiger charge is -2.27. The van der Waals surface area contributed by atoms with Gasteiger partial charge in [0, 0.05) is 18.0 Å². The highest BCUT2D eigenvalue weighted by molar-refractivity contribution is 7.99. The summed E-state index contributed by atoms with van der Waals surface area (Å²) >= 11 is 1.83. The van der Waals surface area contributed by atoms with Gasteiger partial charge in [-0.2, -0.15) is 0 Å². The number of thioether (sulfide) groups is 1. The van der Waals surface area contributed by atoms with Crippen LogP contribution in [0.1, 0.15) is 51.1 Å². The third kappa shape index (κ3) is 3.94. The van der Waals surface area contributed by atoms with Gasteiger partial charge in [0.1, 0.15) is 5.54 Å². The lowest BCUT2D eigenvalue weighted by atomic mass is 9.80. The van der Waals surface area contributed by atoms with Gasteiger partial charge in [0.15, 0.2) is 0 Å². The predicted octanol–water partition coefficient (Wildman–Crippen LogP) is 3.17. The summed E-state index contributed by atoms with van der Waals surface area (Å²) in [4.78, 5) is 40.3. The Kier molecular flexibility index (Phi) is 6.69. The second kappa shape index (κ2) is 8.88. The fourth-order valence-corrected chi connectivity index (χ4v) is 5.37. The van der Waals surface area contributed by atoms with Crippen molar-refractivity contribution in [3.05, 3.63) is 29.8 Å². The molecule has 0 radical (unpaired) electrons. The van der Waals surface area contributed by atoms with Crippen molar-refractivity contribution in [1.29, 1.82) is 0 Å². The Morgan fingerprint density at radius 1 is 1.17 bits per heavy atom. The van der Waals surface area contributed by atoms with Crippen molar-refractivity contribution >= 4 is 29.5 Å². The van der Waals surface area contributed by atoms with E-state index in [9.17, 15) is 14.4 Å². The number of unbranched alkanes of at least 4 members (excludes halogenated alkanes) is 3. The maximum absolute atomic E-state index is 12.8. The number of benzene rings is 1. The number of amides is 2. The van der Waals surface area contributed by atoms with Crippen LogP contribution in [0.25, 0.3) is 0 Å². The number of carbonyl (C=O) groups is 3. The van der Waals surface area contributed by atoms with E-state index in [1.165, 1.54) is 44.7 Å². The van der Waals surface area contributed by atoms with Crippen molar-refractivity contribution in [3.8, 4) is 0 Å². The van der Waals surface area contributed by atoms with Crippen LogP contribution in [0.5, 0.6) is 0 Å². The van der Waals surface area contributed by atoms with E-state index in [4.69, 9.17) is 4.74 Å². The van der Waals surface area contributed by atoms with E-state index in [0.717, 1.165) is 16.2 Å². The molecule has 158 valence electrons. The van der Waals surface area contributed by atoms with Crippen molar-refractivity contribution in [2.75, 3.05) is 19.9 Å². The lowest BCUT2D eigenvalue weighted by molar-refractivity contribution is -0.152.